The average molecular weight is 244 g/mol. The Morgan fingerprint density at radius 1 is 1.50 bits per heavy atom. The lowest BCUT2D eigenvalue weighted by molar-refractivity contribution is 0.194. The van der Waals surface area contributed by atoms with Gasteiger partial charge in [-0.3, -0.25) is 0 Å². The molecule has 0 saturated carbocycles. The van der Waals surface area contributed by atoms with Crippen LogP contribution in [0.15, 0.2) is 18.2 Å². The van der Waals surface area contributed by atoms with Gasteiger partial charge in [0.25, 0.3) is 0 Å². The zero-order valence-electron chi connectivity index (χ0n) is 9.57. The molecule has 1 aromatic carbocycles. The lowest BCUT2D eigenvalue weighted by Crippen LogP contribution is -2.01. The van der Waals surface area contributed by atoms with Crippen LogP contribution in [0.25, 0.3) is 0 Å². The molecule has 1 rings (SSSR count). The van der Waals surface area contributed by atoms with E-state index in [1.165, 1.54) is 13.0 Å². The molecule has 0 fully saturated rings. The zero-order valence-corrected chi connectivity index (χ0v) is 10.4. The number of aliphatic hydroxyl groups excluding tert-OH is 1. The highest BCUT2D eigenvalue weighted by molar-refractivity contribution is 7.98. The monoisotopic (exact) mass is 244 g/mol. The van der Waals surface area contributed by atoms with Gasteiger partial charge >= 0.3 is 0 Å². The number of ether oxygens (including phenoxy) is 1. The van der Waals surface area contributed by atoms with Gasteiger partial charge in [0.2, 0.25) is 0 Å². The van der Waals surface area contributed by atoms with Gasteiger partial charge in [0, 0.05) is 11.6 Å². The summed E-state index contributed by atoms with van der Waals surface area (Å²) < 4.78 is 18.8. The van der Waals surface area contributed by atoms with E-state index in [2.05, 4.69) is 0 Å². The maximum Gasteiger partial charge on any atom is 0.132 e. The lowest BCUT2D eigenvalue weighted by Gasteiger charge is -2.09. The third-order valence-corrected chi connectivity index (χ3v) is 2.88. The molecule has 0 spiro atoms. The molecule has 0 aliphatic carbocycles. The Morgan fingerprint density at radius 2 is 2.25 bits per heavy atom. The number of hydrogen-bond acceptors (Lipinski definition) is 3. The molecule has 1 unspecified atom stereocenters. The molecule has 0 heterocycles. The largest absolute Gasteiger partial charge is 0.493 e. The van der Waals surface area contributed by atoms with Gasteiger partial charge in [0.05, 0.1) is 12.7 Å². The normalized spacial score (nSPS) is 12.5. The van der Waals surface area contributed by atoms with Crippen LogP contribution in [0.5, 0.6) is 5.75 Å². The first kappa shape index (κ1) is 13.3. The van der Waals surface area contributed by atoms with E-state index in [0.29, 0.717) is 17.9 Å². The highest BCUT2D eigenvalue weighted by atomic mass is 32.2. The molecule has 1 N–H and O–H groups in total. The second-order valence-corrected chi connectivity index (χ2v) is 4.54. The summed E-state index contributed by atoms with van der Waals surface area (Å²) in [5.41, 5.74) is 0.302. The maximum atomic E-state index is 13.4. The minimum atomic E-state index is -0.787. The summed E-state index contributed by atoms with van der Waals surface area (Å²) in [4.78, 5) is 0. The predicted octanol–water partition coefficient (Wildman–Crippen LogP) is 3.01. The fraction of sp³-hybridized carbons (Fsp3) is 0.500. The van der Waals surface area contributed by atoms with Crippen molar-refractivity contribution in [3.63, 3.8) is 0 Å². The maximum absolute atomic E-state index is 13.4. The summed E-state index contributed by atoms with van der Waals surface area (Å²) in [5.74, 6) is 1.13. The highest BCUT2D eigenvalue weighted by Crippen LogP contribution is 2.21. The van der Waals surface area contributed by atoms with Crippen LogP contribution in [-0.2, 0) is 0 Å². The Morgan fingerprint density at radius 3 is 2.81 bits per heavy atom. The Kier molecular flexibility index (Phi) is 5.63. The lowest BCUT2D eigenvalue weighted by atomic mass is 10.1. The van der Waals surface area contributed by atoms with Crippen LogP contribution in [0.4, 0.5) is 4.39 Å². The van der Waals surface area contributed by atoms with Crippen LogP contribution in [0.1, 0.15) is 25.0 Å². The second-order valence-electron chi connectivity index (χ2n) is 3.55. The van der Waals surface area contributed by atoms with Gasteiger partial charge in [-0.15, -0.1) is 0 Å². The van der Waals surface area contributed by atoms with E-state index in [0.717, 1.165) is 12.2 Å². The molecule has 1 atom stereocenters. The molecule has 1 aromatic rings. The highest BCUT2D eigenvalue weighted by Gasteiger charge is 2.08. The number of halogens is 1. The number of thioether (sulfide) groups is 1. The van der Waals surface area contributed by atoms with Crippen LogP contribution >= 0.6 is 11.8 Å². The van der Waals surface area contributed by atoms with Crippen molar-refractivity contribution in [1.82, 2.24) is 0 Å². The topological polar surface area (TPSA) is 29.5 Å². The SMILES string of the molecule is CSCCCOc1ccc(C(C)O)c(F)c1. The first-order chi connectivity index (χ1) is 7.65. The number of hydrogen-bond donors (Lipinski definition) is 1. The van der Waals surface area contributed by atoms with Crippen LogP contribution < -0.4 is 4.74 Å². The van der Waals surface area contributed by atoms with Crippen molar-refractivity contribution in [2.45, 2.75) is 19.4 Å². The predicted molar refractivity (Wildman–Crippen MR) is 65.5 cm³/mol. The molecule has 0 aliphatic heterocycles. The van der Waals surface area contributed by atoms with E-state index in [-0.39, 0.29) is 0 Å². The van der Waals surface area contributed by atoms with Gasteiger partial charge in [-0.1, -0.05) is 0 Å². The summed E-state index contributed by atoms with van der Waals surface area (Å²) >= 11 is 1.76. The third-order valence-electron chi connectivity index (χ3n) is 2.18. The molecule has 4 heteroatoms. The summed E-state index contributed by atoms with van der Waals surface area (Å²) in [6, 6.07) is 4.56. The van der Waals surface area contributed by atoms with Crippen molar-refractivity contribution in [3.05, 3.63) is 29.6 Å². The van der Waals surface area contributed by atoms with Gasteiger partial charge in [-0.25, -0.2) is 4.39 Å². The Labute approximate surface area is 99.8 Å². The first-order valence-corrected chi connectivity index (χ1v) is 6.63. The third kappa shape index (κ3) is 4.02. The van der Waals surface area contributed by atoms with Gasteiger partial charge in [0.15, 0.2) is 0 Å². The fourth-order valence-electron chi connectivity index (χ4n) is 1.33. The van der Waals surface area contributed by atoms with Crippen LogP contribution in [-0.4, -0.2) is 23.7 Å². The average Bonchev–Trinajstić information content (AvgIpc) is 2.24. The molecular weight excluding hydrogens is 227 g/mol. The second kappa shape index (κ2) is 6.76. The van der Waals surface area contributed by atoms with Crippen LogP contribution in [0.2, 0.25) is 0 Å². The molecular formula is C12H17FO2S. The first-order valence-electron chi connectivity index (χ1n) is 5.24. The van der Waals surface area contributed by atoms with E-state index in [9.17, 15) is 9.50 Å². The molecule has 0 aliphatic rings. The smallest absolute Gasteiger partial charge is 0.132 e. The quantitative estimate of drug-likeness (QED) is 0.780. The Hall–Kier alpha value is -0.740. The zero-order chi connectivity index (χ0) is 12.0. The van der Waals surface area contributed by atoms with E-state index in [1.54, 1.807) is 23.9 Å². The van der Waals surface area contributed by atoms with Gasteiger partial charge in [-0.2, -0.15) is 11.8 Å². The van der Waals surface area contributed by atoms with Crippen molar-refractivity contribution in [2.24, 2.45) is 0 Å². The van der Waals surface area contributed by atoms with E-state index in [1.807, 2.05) is 6.26 Å². The molecule has 0 bridgehead atoms. The van der Waals surface area contributed by atoms with E-state index >= 15 is 0 Å². The van der Waals surface area contributed by atoms with Crippen molar-refractivity contribution in [3.8, 4) is 5.75 Å². The minimum Gasteiger partial charge on any atom is -0.493 e. The molecule has 0 saturated heterocycles. The fourth-order valence-corrected chi connectivity index (χ4v) is 1.74. The standard InChI is InChI=1S/C12H17FO2S/c1-9(14)11-5-4-10(8-12(11)13)15-6-3-7-16-2/h4-5,8-9,14H,3,6-7H2,1-2H3. The molecule has 0 radical (unpaired) electrons. The van der Waals surface area contributed by atoms with E-state index in [4.69, 9.17) is 4.74 Å². The number of rotatable bonds is 6. The van der Waals surface area contributed by atoms with Crippen LogP contribution in [0, 0.1) is 5.82 Å². The van der Waals surface area contributed by atoms with Gasteiger partial charge < -0.3 is 9.84 Å². The molecule has 90 valence electrons. The van der Waals surface area contributed by atoms with Crippen molar-refractivity contribution >= 4 is 11.8 Å². The number of benzene rings is 1. The van der Waals surface area contributed by atoms with Crippen molar-refractivity contribution in [1.29, 1.82) is 0 Å². The van der Waals surface area contributed by atoms with Crippen molar-refractivity contribution < 1.29 is 14.2 Å². The molecule has 0 aromatic heterocycles. The summed E-state index contributed by atoms with van der Waals surface area (Å²) in [6.07, 6.45) is 2.20. The summed E-state index contributed by atoms with van der Waals surface area (Å²) in [5, 5.41) is 9.26. The molecule has 2 nitrogen and oxygen atoms in total. The Balaban J connectivity index is 2.53. The van der Waals surface area contributed by atoms with E-state index < -0.39 is 11.9 Å². The van der Waals surface area contributed by atoms with Crippen molar-refractivity contribution in [2.75, 3.05) is 18.6 Å². The van der Waals surface area contributed by atoms with Crippen LogP contribution in [0.3, 0.4) is 0 Å². The summed E-state index contributed by atoms with van der Waals surface area (Å²) in [7, 11) is 0. The molecule has 0 amide bonds. The Bertz CT molecular complexity index is 329. The van der Waals surface area contributed by atoms with Gasteiger partial charge in [0.1, 0.15) is 11.6 Å². The number of aliphatic hydroxyl groups is 1. The minimum absolute atomic E-state index is 0.302. The van der Waals surface area contributed by atoms with Gasteiger partial charge in [-0.05, 0) is 37.5 Å². The molecule has 16 heavy (non-hydrogen) atoms. The summed E-state index contributed by atoms with van der Waals surface area (Å²) in [6.45, 7) is 2.13.